The molecule has 21 heavy (non-hydrogen) atoms. The molecule has 1 saturated heterocycles. The Morgan fingerprint density at radius 2 is 1.86 bits per heavy atom. The molecule has 7 heteroatoms. The molecule has 2 rings (SSSR count). The van der Waals surface area contributed by atoms with Gasteiger partial charge in [0.2, 0.25) is 0 Å². The maximum Gasteiger partial charge on any atom is 0.321 e. The molecular weight excluding hydrogens is 292 g/mol. The van der Waals surface area contributed by atoms with Crippen molar-refractivity contribution in [2.75, 3.05) is 23.9 Å². The Labute approximate surface area is 124 Å². The van der Waals surface area contributed by atoms with Crippen molar-refractivity contribution in [3.63, 3.8) is 0 Å². The van der Waals surface area contributed by atoms with E-state index in [1.54, 1.807) is 31.3 Å². The molecule has 6 nitrogen and oxygen atoms in total. The Kier molecular flexibility index (Phi) is 4.32. The summed E-state index contributed by atoms with van der Waals surface area (Å²) in [7, 11) is -1.43. The molecular formula is C14H18N2O4S. The summed E-state index contributed by atoms with van der Waals surface area (Å²) in [6, 6.07) is 5.93. The summed E-state index contributed by atoms with van der Waals surface area (Å²) in [5.74, 6) is 0.101. The third-order valence-electron chi connectivity index (χ3n) is 3.62. The summed E-state index contributed by atoms with van der Waals surface area (Å²) in [6.45, 7) is 1.47. The molecule has 1 aromatic carbocycles. The lowest BCUT2D eigenvalue weighted by Gasteiger charge is -2.23. The summed E-state index contributed by atoms with van der Waals surface area (Å²) in [6.07, 6.45) is 0.468. The molecule has 1 fully saturated rings. The largest absolute Gasteiger partial charge is 0.324 e. The van der Waals surface area contributed by atoms with Crippen LogP contribution < -0.4 is 5.32 Å². The monoisotopic (exact) mass is 310 g/mol. The van der Waals surface area contributed by atoms with E-state index in [1.807, 2.05) is 0 Å². The minimum Gasteiger partial charge on any atom is -0.324 e. The van der Waals surface area contributed by atoms with Crippen molar-refractivity contribution in [2.24, 2.45) is 0 Å². The van der Waals surface area contributed by atoms with Crippen LogP contribution in [-0.2, 0) is 9.84 Å². The molecule has 1 N–H and O–H groups in total. The minimum absolute atomic E-state index is 0.0141. The zero-order chi connectivity index (χ0) is 15.6. The number of nitrogens with zero attached hydrogens (tertiary/aromatic N) is 1. The quantitative estimate of drug-likeness (QED) is 0.858. The van der Waals surface area contributed by atoms with Gasteiger partial charge in [0, 0.05) is 24.3 Å². The van der Waals surface area contributed by atoms with Gasteiger partial charge in [-0.15, -0.1) is 0 Å². The van der Waals surface area contributed by atoms with Crippen molar-refractivity contribution >= 4 is 27.3 Å². The number of anilines is 1. The molecule has 1 heterocycles. The molecule has 0 saturated carbocycles. The van der Waals surface area contributed by atoms with Gasteiger partial charge in [-0.05, 0) is 37.6 Å². The van der Waals surface area contributed by atoms with Gasteiger partial charge >= 0.3 is 6.03 Å². The van der Waals surface area contributed by atoms with Crippen molar-refractivity contribution < 1.29 is 18.0 Å². The number of rotatable bonds is 3. The summed E-state index contributed by atoms with van der Waals surface area (Å²) in [5.41, 5.74) is 1.14. The van der Waals surface area contributed by atoms with Crippen LogP contribution in [0.2, 0.25) is 0 Å². The fourth-order valence-electron chi connectivity index (χ4n) is 2.25. The second-order valence-corrected chi connectivity index (χ2v) is 7.46. The van der Waals surface area contributed by atoms with Gasteiger partial charge in [-0.3, -0.25) is 4.79 Å². The van der Waals surface area contributed by atoms with E-state index in [2.05, 4.69) is 5.32 Å². The van der Waals surface area contributed by atoms with Crippen LogP contribution in [-0.4, -0.2) is 49.7 Å². The maximum absolute atomic E-state index is 12.1. The van der Waals surface area contributed by atoms with Crippen LogP contribution in [0, 0.1) is 0 Å². The van der Waals surface area contributed by atoms with E-state index >= 15 is 0 Å². The second-order valence-electron chi connectivity index (χ2n) is 5.23. The molecule has 1 aliphatic rings. The number of hydrogen-bond acceptors (Lipinski definition) is 4. The summed E-state index contributed by atoms with van der Waals surface area (Å²) < 4.78 is 22.9. The zero-order valence-electron chi connectivity index (χ0n) is 12.0. The number of carbonyl (C=O) groups is 2. The average molecular weight is 310 g/mol. The molecule has 1 atom stereocenters. The molecule has 1 aromatic rings. The Balaban J connectivity index is 1.99. The number of hydrogen-bond donors (Lipinski definition) is 1. The van der Waals surface area contributed by atoms with Gasteiger partial charge in [0.25, 0.3) is 0 Å². The molecule has 2 amide bonds. The van der Waals surface area contributed by atoms with Gasteiger partial charge in [-0.2, -0.15) is 0 Å². The standard InChI is InChI=1S/C14H18N2O4S/c1-10(17)11-3-5-12(6-4-11)15-14(18)16(2)13-7-8-21(19,20)9-13/h3-6,13H,7-9H2,1-2H3,(H,15,18). The number of benzene rings is 1. The summed E-state index contributed by atoms with van der Waals surface area (Å²) in [4.78, 5) is 24.7. The number of Topliss-reactive ketones (excluding diaryl/α,β-unsaturated/α-hetero) is 1. The number of sulfone groups is 1. The topological polar surface area (TPSA) is 83.6 Å². The second kappa shape index (κ2) is 5.85. The van der Waals surface area contributed by atoms with E-state index in [9.17, 15) is 18.0 Å². The Hall–Kier alpha value is -1.89. The van der Waals surface area contributed by atoms with Crippen molar-refractivity contribution in [1.29, 1.82) is 0 Å². The van der Waals surface area contributed by atoms with Crippen LogP contribution in [0.3, 0.4) is 0 Å². The SMILES string of the molecule is CC(=O)c1ccc(NC(=O)N(C)C2CCS(=O)(=O)C2)cc1. The van der Waals surface area contributed by atoms with E-state index in [1.165, 1.54) is 11.8 Å². The van der Waals surface area contributed by atoms with Crippen LogP contribution >= 0.6 is 0 Å². The van der Waals surface area contributed by atoms with E-state index < -0.39 is 9.84 Å². The maximum atomic E-state index is 12.1. The Bertz CT molecular complexity index is 652. The van der Waals surface area contributed by atoms with E-state index in [0.717, 1.165) is 0 Å². The van der Waals surface area contributed by atoms with Crippen molar-refractivity contribution in [3.05, 3.63) is 29.8 Å². The smallest absolute Gasteiger partial charge is 0.321 e. The molecule has 1 aliphatic heterocycles. The summed E-state index contributed by atoms with van der Waals surface area (Å²) >= 11 is 0. The van der Waals surface area contributed by atoms with E-state index in [4.69, 9.17) is 0 Å². The number of ketones is 1. The first-order valence-corrected chi connectivity index (χ1v) is 8.46. The normalized spacial score (nSPS) is 20.0. The highest BCUT2D eigenvalue weighted by Gasteiger charge is 2.32. The lowest BCUT2D eigenvalue weighted by atomic mass is 10.1. The first kappa shape index (κ1) is 15.5. The lowest BCUT2D eigenvalue weighted by molar-refractivity contribution is 0.101. The highest BCUT2D eigenvalue weighted by atomic mass is 32.2. The van der Waals surface area contributed by atoms with Gasteiger partial charge in [0.1, 0.15) is 0 Å². The highest BCUT2D eigenvalue weighted by molar-refractivity contribution is 7.91. The number of carbonyl (C=O) groups excluding carboxylic acids is 2. The first-order valence-electron chi connectivity index (χ1n) is 6.64. The number of amides is 2. The van der Waals surface area contributed by atoms with Gasteiger partial charge in [0.05, 0.1) is 11.5 Å². The van der Waals surface area contributed by atoms with Crippen molar-refractivity contribution in [3.8, 4) is 0 Å². The highest BCUT2D eigenvalue weighted by Crippen LogP contribution is 2.18. The molecule has 0 spiro atoms. The third-order valence-corrected chi connectivity index (χ3v) is 5.37. The fraction of sp³-hybridized carbons (Fsp3) is 0.429. The van der Waals surface area contributed by atoms with Crippen LogP contribution in [0.4, 0.5) is 10.5 Å². The number of nitrogens with one attached hydrogen (secondary N) is 1. The van der Waals surface area contributed by atoms with Gasteiger partial charge in [-0.25, -0.2) is 13.2 Å². The molecule has 114 valence electrons. The van der Waals surface area contributed by atoms with Gasteiger partial charge in [0.15, 0.2) is 15.6 Å². The number of urea groups is 1. The average Bonchev–Trinajstić information content (AvgIpc) is 2.78. The molecule has 1 unspecified atom stereocenters. The lowest BCUT2D eigenvalue weighted by Crippen LogP contribution is -2.40. The first-order chi connectivity index (χ1) is 9.78. The zero-order valence-corrected chi connectivity index (χ0v) is 12.8. The Morgan fingerprint density at radius 3 is 2.33 bits per heavy atom. The van der Waals surface area contributed by atoms with Crippen LogP contribution in [0.15, 0.2) is 24.3 Å². The van der Waals surface area contributed by atoms with E-state index in [0.29, 0.717) is 17.7 Å². The predicted molar refractivity (Wildman–Crippen MR) is 80.3 cm³/mol. The fourth-order valence-corrected chi connectivity index (χ4v) is 4.02. The summed E-state index contributed by atoms with van der Waals surface area (Å²) in [5, 5.41) is 2.69. The van der Waals surface area contributed by atoms with Crippen LogP contribution in [0.5, 0.6) is 0 Å². The van der Waals surface area contributed by atoms with Gasteiger partial charge < -0.3 is 10.2 Å². The van der Waals surface area contributed by atoms with Crippen LogP contribution in [0.25, 0.3) is 0 Å². The van der Waals surface area contributed by atoms with E-state index in [-0.39, 0.29) is 29.4 Å². The molecule has 0 aromatic heterocycles. The van der Waals surface area contributed by atoms with Crippen LogP contribution in [0.1, 0.15) is 23.7 Å². The molecule has 0 aliphatic carbocycles. The van der Waals surface area contributed by atoms with Crippen molar-refractivity contribution in [2.45, 2.75) is 19.4 Å². The molecule has 0 bridgehead atoms. The predicted octanol–water partition coefficient (Wildman–Crippen LogP) is 1.54. The minimum atomic E-state index is -3.02. The Morgan fingerprint density at radius 1 is 1.24 bits per heavy atom. The van der Waals surface area contributed by atoms with Crippen molar-refractivity contribution in [1.82, 2.24) is 4.90 Å². The third kappa shape index (κ3) is 3.81. The van der Waals surface area contributed by atoms with Gasteiger partial charge in [-0.1, -0.05) is 0 Å². The molecule has 0 radical (unpaired) electrons.